The molecule has 0 aliphatic heterocycles. The summed E-state index contributed by atoms with van der Waals surface area (Å²) in [6, 6.07) is 8.74. The maximum Gasteiger partial charge on any atom is 0.312 e. The predicted octanol–water partition coefficient (Wildman–Crippen LogP) is 1.36. The lowest BCUT2D eigenvalue weighted by molar-refractivity contribution is -0.188. The lowest BCUT2D eigenvalue weighted by Crippen LogP contribution is -2.72. The second kappa shape index (κ2) is 8.88. The van der Waals surface area contributed by atoms with E-state index in [2.05, 4.69) is 5.32 Å². The molecule has 31 heavy (non-hydrogen) atoms. The number of Topliss-reactive ketones (excluding diaryl/α,β-unsaturated/α-hetero) is 1. The number of methoxy groups -OCH3 is 1. The molecular formula is C23H32ClN3O4. The van der Waals surface area contributed by atoms with Crippen molar-refractivity contribution >= 4 is 30.1 Å². The molecule has 3 unspecified atom stereocenters. The number of nitrogens with one attached hydrogen (secondary N) is 1. The van der Waals surface area contributed by atoms with Crippen molar-refractivity contribution in [2.75, 3.05) is 13.7 Å². The van der Waals surface area contributed by atoms with Gasteiger partial charge in [0.05, 0.1) is 31.0 Å². The molecule has 0 radical (unpaired) electrons. The van der Waals surface area contributed by atoms with E-state index < -0.39 is 28.8 Å². The first-order valence-electron chi connectivity index (χ1n) is 10.8. The molecule has 0 spiro atoms. The van der Waals surface area contributed by atoms with Crippen LogP contribution in [0.1, 0.15) is 37.7 Å². The van der Waals surface area contributed by atoms with E-state index in [9.17, 15) is 14.4 Å². The Morgan fingerprint density at radius 3 is 2.29 bits per heavy atom. The molecule has 4 aliphatic carbocycles. The summed E-state index contributed by atoms with van der Waals surface area (Å²) in [6.07, 6.45) is 4.14. The molecule has 4 atom stereocenters. The average Bonchev–Trinajstić information content (AvgIpc) is 2.71. The van der Waals surface area contributed by atoms with Crippen LogP contribution in [-0.4, -0.2) is 42.9 Å². The van der Waals surface area contributed by atoms with Crippen molar-refractivity contribution in [3.8, 4) is 0 Å². The Morgan fingerprint density at radius 2 is 1.74 bits per heavy atom. The van der Waals surface area contributed by atoms with E-state index in [0.29, 0.717) is 31.1 Å². The summed E-state index contributed by atoms with van der Waals surface area (Å²) in [6.45, 7) is -0.205. The highest BCUT2D eigenvalue weighted by molar-refractivity contribution is 5.96. The molecule has 0 heterocycles. The van der Waals surface area contributed by atoms with E-state index in [1.165, 1.54) is 7.11 Å². The Hall–Kier alpha value is -1.96. The number of carbonyl (C=O) groups excluding carboxylic acids is 3. The van der Waals surface area contributed by atoms with Crippen LogP contribution in [0.4, 0.5) is 0 Å². The number of benzene rings is 1. The largest absolute Gasteiger partial charge is 0.469 e. The monoisotopic (exact) mass is 449 g/mol. The van der Waals surface area contributed by atoms with Crippen LogP contribution >= 0.6 is 12.4 Å². The van der Waals surface area contributed by atoms with Crippen molar-refractivity contribution in [3.05, 3.63) is 35.9 Å². The summed E-state index contributed by atoms with van der Waals surface area (Å²) >= 11 is 0. The van der Waals surface area contributed by atoms with Crippen LogP contribution in [0.5, 0.6) is 0 Å². The lowest BCUT2D eigenvalue weighted by atomic mass is 9.41. The van der Waals surface area contributed by atoms with Crippen LogP contribution in [0.15, 0.2) is 30.3 Å². The fourth-order valence-electron chi connectivity index (χ4n) is 6.81. The van der Waals surface area contributed by atoms with E-state index in [4.69, 9.17) is 16.2 Å². The maximum absolute atomic E-state index is 14.0. The Labute approximate surface area is 189 Å². The molecule has 1 aromatic carbocycles. The number of carbonyl (C=O) groups is 3. The summed E-state index contributed by atoms with van der Waals surface area (Å²) in [7, 11) is 1.38. The van der Waals surface area contributed by atoms with Crippen molar-refractivity contribution in [3.63, 3.8) is 0 Å². The van der Waals surface area contributed by atoms with Gasteiger partial charge in [-0.25, -0.2) is 0 Å². The van der Waals surface area contributed by atoms with Gasteiger partial charge in [-0.3, -0.25) is 14.4 Å². The third kappa shape index (κ3) is 4.11. The normalized spacial score (nSPS) is 33.8. The molecule has 4 aliphatic rings. The smallest absolute Gasteiger partial charge is 0.312 e. The molecule has 1 aromatic rings. The van der Waals surface area contributed by atoms with E-state index >= 15 is 0 Å². The van der Waals surface area contributed by atoms with Gasteiger partial charge in [0.25, 0.3) is 0 Å². The van der Waals surface area contributed by atoms with Gasteiger partial charge < -0.3 is 21.5 Å². The summed E-state index contributed by atoms with van der Waals surface area (Å²) in [5.74, 6) is -0.891. The van der Waals surface area contributed by atoms with Crippen molar-refractivity contribution < 1.29 is 19.1 Å². The van der Waals surface area contributed by atoms with E-state index in [1.54, 1.807) is 0 Å². The zero-order valence-electron chi connectivity index (χ0n) is 17.8. The van der Waals surface area contributed by atoms with Gasteiger partial charge >= 0.3 is 5.97 Å². The number of amides is 1. The molecule has 1 amide bonds. The summed E-state index contributed by atoms with van der Waals surface area (Å²) in [5.41, 5.74) is 11.7. The standard InChI is InChI=1S/C23H31N3O4.ClH/c1-30-21(29)22-9-15-7-16(10-22)12-23(25,11-15)20(22)19(28)17(26-18(27)13-24)8-14-5-3-2-4-6-14;/h2-6,15-17,20H,7-13,24-25H2,1H3,(H,26,27);1H/t15?,16?,17-,20?,22?,23?;/m0./s1. The Bertz CT molecular complexity index is 832. The van der Waals surface area contributed by atoms with Crippen molar-refractivity contribution in [2.24, 2.45) is 34.6 Å². The van der Waals surface area contributed by atoms with Gasteiger partial charge in [-0.2, -0.15) is 0 Å². The molecule has 5 N–H and O–H groups in total. The van der Waals surface area contributed by atoms with Gasteiger partial charge in [-0.1, -0.05) is 30.3 Å². The SMILES string of the molecule is COC(=O)C12CC3CC(CC(N)(C3)C1C(=O)[C@H](Cc1ccccc1)NC(=O)CN)C2.Cl. The van der Waals surface area contributed by atoms with Crippen LogP contribution in [0.3, 0.4) is 0 Å². The zero-order valence-corrected chi connectivity index (χ0v) is 18.7. The Kier molecular flexibility index (Phi) is 6.79. The predicted molar refractivity (Wildman–Crippen MR) is 118 cm³/mol. The van der Waals surface area contributed by atoms with E-state index in [-0.39, 0.29) is 30.7 Å². The number of nitrogens with two attached hydrogens (primary N) is 2. The van der Waals surface area contributed by atoms with Gasteiger partial charge in [0.1, 0.15) is 0 Å². The molecule has 8 heteroatoms. The molecule has 7 nitrogen and oxygen atoms in total. The Morgan fingerprint density at radius 1 is 1.13 bits per heavy atom. The van der Waals surface area contributed by atoms with E-state index in [1.807, 2.05) is 30.3 Å². The minimum absolute atomic E-state index is 0. The Balaban J connectivity index is 0.00000272. The van der Waals surface area contributed by atoms with Crippen LogP contribution < -0.4 is 16.8 Å². The number of ketones is 1. The van der Waals surface area contributed by atoms with Crippen LogP contribution in [-0.2, 0) is 25.5 Å². The minimum atomic E-state index is -0.896. The molecular weight excluding hydrogens is 418 g/mol. The zero-order chi connectivity index (χ0) is 21.5. The van der Waals surface area contributed by atoms with Crippen LogP contribution in [0.2, 0.25) is 0 Å². The second-order valence-electron chi connectivity index (χ2n) is 9.51. The van der Waals surface area contributed by atoms with Crippen molar-refractivity contribution in [2.45, 2.75) is 50.1 Å². The first-order valence-corrected chi connectivity index (χ1v) is 10.8. The molecule has 4 fully saturated rings. The van der Waals surface area contributed by atoms with Gasteiger partial charge in [0.15, 0.2) is 5.78 Å². The highest BCUT2D eigenvalue weighted by Gasteiger charge is 2.68. The number of rotatable bonds is 7. The number of halogens is 1. The number of esters is 1. The van der Waals surface area contributed by atoms with Crippen LogP contribution in [0, 0.1) is 23.2 Å². The van der Waals surface area contributed by atoms with E-state index in [0.717, 1.165) is 24.8 Å². The van der Waals surface area contributed by atoms with Crippen molar-refractivity contribution in [1.29, 1.82) is 0 Å². The third-order valence-corrected chi connectivity index (χ3v) is 7.46. The summed E-state index contributed by atoms with van der Waals surface area (Å²) in [4.78, 5) is 39.2. The molecule has 0 aromatic heterocycles. The number of ether oxygens (including phenoxy) is 1. The third-order valence-electron chi connectivity index (χ3n) is 7.46. The molecule has 5 rings (SSSR count). The van der Waals surface area contributed by atoms with Gasteiger partial charge in [-0.05, 0) is 55.9 Å². The first kappa shape index (κ1) is 23.7. The fourth-order valence-corrected chi connectivity index (χ4v) is 6.81. The minimum Gasteiger partial charge on any atom is -0.469 e. The maximum atomic E-state index is 14.0. The first-order chi connectivity index (χ1) is 14.3. The van der Waals surface area contributed by atoms with Gasteiger partial charge in [0.2, 0.25) is 5.91 Å². The molecule has 4 bridgehead atoms. The highest BCUT2D eigenvalue weighted by atomic mass is 35.5. The van der Waals surface area contributed by atoms with Gasteiger partial charge in [-0.15, -0.1) is 12.4 Å². The second-order valence-corrected chi connectivity index (χ2v) is 9.51. The number of hydrogen-bond acceptors (Lipinski definition) is 6. The molecule has 0 saturated heterocycles. The molecule has 170 valence electrons. The summed E-state index contributed by atoms with van der Waals surface area (Å²) < 4.78 is 5.21. The van der Waals surface area contributed by atoms with Crippen molar-refractivity contribution in [1.82, 2.24) is 5.32 Å². The van der Waals surface area contributed by atoms with Crippen LogP contribution in [0.25, 0.3) is 0 Å². The molecule has 4 saturated carbocycles. The quantitative estimate of drug-likeness (QED) is 0.540. The topological polar surface area (TPSA) is 125 Å². The average molecular weight is 450 g/mol. The number of hydrogen-bond donors (Lipinski definition) is 3. The highest BCUT2D eigenvalue weighted by Crippen LogP contribution is 2.64. The summed E-state index contributed by atoms with van der Waals surface area (Å²) in [5, 5.41) is 2.79. The fraction of sp³-hybridized carbons (Fsp3) is 0.609. The van der Waals surface area contributed by atoms with Gasteiger partial charge in [0, 0.05) is 5.54 Å². The lowest BCUT2D eigenvalue weighted by Gasteiger charge is -2.63.